The van der Waals surface area contributed by atoms with Crippen molar-refractivity contribution in [1.29, 1.82) is 0 Å². The standard InChI is InChI=1S/C10H11N3O4/c11-5-9(14)7-1-3-8(4-2-7)13(12-17)6-10(15)16/h1-4H,5-6,11H2,(H,15,16). The van der Waals surface area contributed by atoms with Crippen molar-refractivity contribution in [3.63, 3.8) is 0 Å². The summed E-state index contributed by atoms with van der Waals surface area (Å²) in [5.74, 6) is -1.41. The first-order valence-electron chi connectivity index (χ1n) is 4.74. The summed E-state index contributed by atoms with van der Waals surface area (Å²) in [6, 6.07) is 5.80. The molecule has 0 aromatic heterocycles. The summed E-state index contributed by atoms with van der Waals surface area (Å²) in [6.45, 7) is -0.641. The molecule has 7 nitrogen and oxygen atoms in total. The van der Waals surface area contributed by atoms with Crippen LogP contribution in [0.1, 0.15) is 10.4 Å². The summed E-state index contributed by atoms with van der Waals surface area (Å²) in [4.78, 5) is 32.1. The molecule has 0 aliphatic heterocycles. The van der Waals surface area contributed by atoms with Crippen LogP contribution in [0.2, 0.25) is 0 Å². The molecule has 0 amide bonds. The molecule has 7 heteroatoms. The molecular formula is C10H11N3O4. The normalized spacial score (nSPS) is 9.71. The molecule has 0 saturated heterocycles. The van der Waals surface area contributed by atoms with Gasteiger partial charge in [-0.25, -0.2) is 5.01 Å². The quantitative estimate of drug-likeness (QED) is 0.420. The van der Waals surface area contributed by atoms with Crippen molar-refractivity contribution >= 4 is 17.4 Å². The largest absolute Gasteiger partial charge is 0.480 e. The van der Waals surface area contributed by atoms with Crippen LogP contribution in [-0.2, 0) is 4.79 Å². The molecule has 0 atom stereocenters. The molecule has 0 aliphatic rings. The molecule has 0 radical (unpaired) electrons. The second kappa shape index (κ2) is 5.71. The molecule has 0 fully saturated rings. The van der Waals surface area contributed by atoms with Gasteiger partial charge in [0.25, 0.3) is 0 Å². The fourth-order valence-electron chi connectivity index (χ4n) is 1.23. The number of nitrogens with two attached hydrogens (primary N) is 1. The van der Waals surface area contributed by atoms with E-state index in [0.29, 0.717) is 11.3 Å². The van der Waals surface area contributed by atoms with Gasteiger partial charge in [-0.05, 0) is 24.3 Å². The topological polar surface area (TPSA) is 113 Å². The molecule has 0 aliphatic carbocycles. The lowest BCUT2D eigenvalue weighted by Crippen LogP contribution is -2.23. The Morgan fingerprint density at radius 1 is 1.29 bits per heavy atom. The average Bonchev–Trinajstić information content (AvgIpc) is 2.35. The van der Waals surface area contributed by atoms with Crippen molar-refractivity contribution in [3.8, 4) is 0 Å². The number of benzene rings is 1. The van der Waals surface area contributed by atoms with Gasteiger partial charge in [0.1, 0.15) is 6.54 Å². The van der Waals surface area contributed by atoms with Gasteiger partial charge in [-0.1, -0.05) is 0 Å². The predicted molar refractivity (Wildman–Crippen MR) is 60.6 cm³/mol. The number of ketones is 1. The Kier molecular flexibility index (Phi) is 4.29. The van der Waals surface area contributed by atoms with E-state index in [1.165, 1.54) is 24.3 Å². The monoisotopic (exact) mass is 237 g/mol. The lowest BCUT2D eigenvalue weighted by atomic mass is 10.1. The van der Waals surface area contributed by atoms with E-state index in [9.17, 15) is 14.5 Å². The molecular weight excluding hydrogens is 226 g/mol. The zero-order valence-electron chi connectivity index (χ0n) is 8.87. The van der Waals surface area contributed by atoms with Crippen molar-refractivity contribution in [1.82, 2.24) is 0 Å². The number of anilines is 1. The van der Waals surface area contributed by atoms with Crippen molar-refractivity contribution in [2.24, 2.45) is 11.0 Å². The highest BCUT2D eigenvalue weighted by molar-refractivity contribution is 5.97. The Morgan fingerprint density at radius 2 is 1.88 bits per heavy atom. The second-order valence-electron chi connectivity index (χ2n) is 3.21. The molecule has 0 bridgehead atoms. The van der Waals surface area contributed by atoms with E-state index in [1.807, 2.05) is 0 Å². The number of nitrogens with zero attached hydrogens (tertiary/aromatic N) is 2. The average molecular weight is 237 g/mol. The smallest absolute Gasteiger partial charge is 0.325 e. The van der Waals surface area contributed by atoms with E-state index in [-0.39, 0.29) is 12.3 Å². The van der Waals surface area contributed by atoms with Gasteiger partial charge in [0.2, 0.25) is 0 Å². The third kappa shape index (κ3) is 3.35. The third-order valence-electron chi connectivity index (χ3n) is 2.06. The molecule has 17 heavy (non-hydrogen) atoms. The maximum Gasteiger partial charge on any atom is 0.325 e. The first-order valence-corrected chi connectivity index (χ1v) is 4.74. The van der Waals surface area contributed by atoms with E-state index in [4.69, 9.17) is 10.8 Å². The minimum Gasteiger partial charge on any atom is -0.480 e. The molecule has 3 N–H and O–H groups in total. The molecule has 1 rings (SSSR count). The van der Waals surface area contributed by atoms with Crippen LogP contribution in [0, 0.1) is 4.91 Å². The number of carbonyl (C=O) groups is 2. The molecule has 90 valence electrons. The minimum absolute atomic E-state index is 0.107. The summed E-state index contributed by atoms with van der Waals surface area (Å²) in [5, 5.41) is 11.9. The lowest BCUT2D eigenvalue weighted by molar-refractivity contribution is -0.135. The molecule has 0 spiro atoms. The molecule has 0 unspecified atom stereocenters. The number of carbonyl (C=O) groups excluding carboxylic acids is 1. The summed E-state index contributed by atoms with van der Waals surface area (Å²) in [5.41, 5.74) is 5.89. The molecule has 0 saturated carbocycles. The van der Waals surface area contributed by atoms with Crippen LogP contribution in [-0.4, -0.2) is 29.9 Å². The number of hydrogen-bond donors (Lipinski definition) is 2. The van der Waals surface area contributed by atoms with Gasteiger partial charge < -0.3 is 10.8 Å². The van der Waals surface area contributed by atoms with Crippen LogP contribution >= 0.6 is 0 Å². The highest BCUT2D eigenvalue weighted by Crippen LogP contribution is 2.15. The Bertz CT molecular complexity index is 430. The van der Waals surface area contributed by atoms with Crippen molar-refractivity contribution in [2.75, 3.05) is 18.1 Å². The Labute approximate surface area is 96.8 Å². The Morgan fingerprint density at radius 3 is 2.29 bits per heavy atom. The van der Waals surface area contributed by atoms with Gasteiger partial charge >= 0.3 is 5.97 Å². The summed E-state index contributed by atoms with van der Waals surface area (Å²) < 4.78 is 0. The van der Waals surface area contributed by atoms with E-state index in [1.54, 1.807) is 0 Å². The van der Waals surface area contributed by atoms with Crippen molar-refractivity contribution < 1.29 is 14.7 Å². The SMILES string of the molecule is NCC(=O)c1ccc(N(CC(=O)O)N=O)cc1. The fourth-order valence-corrected chi connectivity index (χ4v) is 1.23. The maximum absolute atomic E-state index is 11.2. The number of Topliss-reactive ketones (excluding diaryl/α,β-unsaturated/α-hetero) is 1. The Hall–Kier alpha value is -2.28. The van der Waals surface area contributed by atoms with Gasteiger partial charge in [-0.2, -0.15) is 0 Å². The van der Waals surface area contributed by atoms with Gasteiger partial charge in [-0.3, -0.25) is 9.59 Å². The zero-order valence-corrected chi connectivity index (χ0v) is 8.87. The van der Waals surface area contributed by atoms with Gasteiger partial charge in [0.15, 0.2) is 5.78 Å². The van der Waals surface area contributed by atoms with E-state index in [0.717, 1.165) is 5.01 Å². The Balaban J connectivity index is 2.88. The maximum atomic E-state index is 11.2. The summed E-state index contributed by atoms with van der Waals surface area (Å²) in [6.07, 6.45) is 0. The van der Waals surface area contributed by atoms with Gasteiger partial charge in [0.05, 0.1) is 17.5 Å². The molecule has 0 heterocycles. The lowest BCUT2D eigenvalue weighted by Gasteiger charge is -2.12. The summed E-state index contributed by atoms with van der Waals surface area (Å²) in [7, 11) is 0. The summed E-state index contributed by atoms with van der Waals surface area (Å²) >= 11 is 0. The van der Waals surface area contributed by atoms with Crippen LogP contribution in [0.3, 0.4) is 0 Å². The highest BCUT2D eigenvalue weighted by Gasteiger charge is 2.11. The van der Waals surface area contributed by atoms with Crippen LogP contribution in [0.15, 0.2) is 29.6 Å². The number of rotatable bonds is 6. The van der Waals surface area contributed by atoms with Gasteiger partial charge in [-0.15, -0.1) is 4.91 Å². The number of carboxylic acids is 1. The van der Waals surface area contributed by atoms with Crippen LogP contribution in [0.4, 0.5) is 5.69 Å². The third-order valence-corrected chi connectivity index (χ3v) is 2.06. The van der Waals surface area contributed by atoms with Crippen LogP contribution in [0.25, 0.3) is 0 Å². The number of nitroso groups, excluding NO2 is 1. The first kappa shape index (κ1) is 12.8. The van der Waals surface area contributed by atoms with Crippen LogP contribution < -0.4 is 10.7 Å². The fraction of sp³-hybridized carbons (Fsp3) is 0.200. The highest BCUT2D eigenvalue weighted by atomic mass is 16.4. The van der Waals surface area contributed by atoms with E-state index in [2.05, 4.69) is 5.29 Å². The second-order valence-corrected chi connectivity index (χ2v) is 3.21. The molecule has 1 aromatic carbocycles. The van der Waals surface area contributed by atoms with Crippen molar-refractivity contribution in [2.45, 2.75) is 0 Å². The number of aliphatic carboxylic acids is 1. The van der Waals surface area contributed by atoms with Gasteiger partial charge in [0, 0.05) is 5.56 Å². The van der Waals surface area contributed by atoms with Crippen LogP contribution in [0.5, 0.6) is 0 Å². The van der Waals surface area contributed by atoms with Crippen molar-refractivity contribution in [3.05, 3.63) is 34.7 Å². The molecule has 1 aromatic rings. The number of carboxylic acid groups (broad SMARTS) is 1. The minimum atomic E-state index is -1.17. The van der Waals surface area contributed by atoms with E-state index >= 15 is 0 Å². The van der Waals surface area contributed by atoms with E-state index < -0.39 is 12.5 Å². The predicted octanol–water partition coefficient (Wildman–Crippen LogP) is 0.400. The first-order chi connectivity index (χ1) is 8.08. The number of hydrogen-bond acceptors (Lipinski definition) is 5. The zero-order chi connectivity index (χ0) is 12.8.